The number of aromatic nitrogens is 1. The van der Waals surface area contributed by atoms with Crippen molar-refractivity contribution in [2.45, 2.75) is 19.4 Å². The van der Waals surface area contributed by atoms with Crippen molar-refractivity contribution in [3.63, 3.8) is 0 Å². The van der Waals surface area contributed by atoms with Crippen LogP contribution in [-0.2, 0) is 6.42 Å². The number of nitrogens with zero attached hydrogens (tertiary/aromatic N) is 1. The number of hydrogen-bond donors (Lipinski definition) is 1. The Morgan fingerprint density at radius 3 is 2.90 bits per heavy atom. The standard InChI is InChI=1S/C17H18N2S/c1-2-18-17(11-15-7-5-9-20-15)14-10-13-6-3-4-8-16(13)19-12-14/h3-10,12,17-18H,2,11H2,1H3. The number of hydrogen-bond acceptors (Lipinski definition) is 3. The molecule has 0 aliphatic rings. The summed E-state index contributed by atoms with van der Waals surface area (Å²) in [5, 5.41) is 6.91. The van der Waals surface area contributed by atoms with Gasteiger partial charge < -0.3 is 5.32 Å². The summed E-state index contributed by atoms with van der Waals surface area (Å²) >= 11 is 1.81. The van der Waals surface area contributed by atoms with Crippen LogP contribution in [0.3, 0.4) is 0 Å². The maximum absolute atomic E-state index is 4.58. The van der Waals surface area contributed by atoms with E-state index >= 15 is 0 Å². The maximum atomic E-state index is 4.58. The zero-order valence-corrected chi connectivity index (χ0v) is 12.4. The van der Waals surface area contributed by atoms with Gasteiger partial charge in [-0.3, -0.25) is 4.98 Å². The molecule has 102 valence electrons. The number of para-hydroxylation sites is 1. The lowest BCUT2D eigenvalue weighted by molar-refractivity contribution is 0.552. The number of pyridine rings is 1. The average Bonchev–Trinajstić information content (AvgIpc) is 2.99. The molecule has 0 aliphatic heterocycles. The Hall–Kier alpha value is -1.71. The molecule has 20 heavy (non-hydrogen) atoms. The second-order valence-electron chi connectivity index (χ2n) is 4.86. The molecule has 3 aromatic rings. The van der Waals surface area contributed by atoms with Crippen LogP contribution in [0.15, 0.2) is 54.0 Å². The zero-order valence-electron chi connectivity index (χ0n) is 11.5. The molecule has 0 saturated carbocycles. The van der Waals surface area contributed by atoms with Crippen LogP contribution in [0.25, 0.3) is 10.9 Å². The third-order valence-electron chi connectivity index (χ3n) is 3.45. The summed E-state index contributed by atoms with van der Waals surface area (Å²) in [6, 6.07) is 15.2. The van der Waals surface area contributed by atoms with E-state index < -0.39 is 0 Å². The van der Waals surface area contributed by atoms with E-state index in [1.54, 1.807) is 0 Å². The first kappa shape index (κ1) is 13.3. The summed E-state index contributed by atoms with van der Waals surface area (Å²) in [5.74, 6) is 0. The van der Waals surface area contributed by atoms with Gasteiger partial charge in [0.15, 0.2) is 0 Å². The van der Waals surface area contributed by atoms with Crippen molar-refractivity contribution in [3.05, 3.63) is 64.5 Å². The van der Waals surface area contributed by atoms with E-state index in [-0.39, 0.29) is 0 Å². The predicted octanol–water partition coefficient (Wildman–Crippen LogP) is 4.19. The van der Waals surface area contributed by atoms with Crippen molar-refractivity contribution < 1.29 is 0 Å². The predicted molar refractivity (Wildman–Crippen MR) is 86.2 cm³/mol. The van der Waals surface area contributed by atoms with Crippen LogP contribution in [0.1, 0.15) is 23.4 Å². The van der Waals surface area contributed by atoms with E-state index in [0.717, 1.165) is 18.5 Å². The summed E-state index contributed by atoms with van der Waals surface area (Å²) in [5.41, 5.74) is 2.32. The lowest BCUT2D eigenvalue weighted by atomic mass is 10.0. The molecular formula is C17H18N2S. The second-order valence-corrected chi connectivity index (χ2v) is 5.89. The summed E-state index contributed by atoms with van der Waals surface area (Å²) in [6.45, 7) is 3.11. The first-order valence-corrected chi connectivity index (χ1v) is 7.85. The van der Waals surface area contributed by atoms with Gasteiger partial charge in [-0.15, -0.1) is 11.3 Å². The van der Waals surface area contributed by atoms with Crippen LogP contribution in [0.5, 0.6) is 0 Å². The van der Waals surface area contributed by atoms with Gasteiger partial charge in [-0.1, -0.05) is 31.2 Å². The number of likely N-dealkylation sites (N-methyl/N-ethyl adjacent to an activating group) is 1. The SMILES string of the molecule is CCNC(Cc1cccs1)c1cnc2ccccc2c1. The van der Waals surface area contributed by atoms with Crippen LogP contribution in [0.2, 0.25) is 0 Å². The lowest BCUT2D eigenvalue weighted by Crippen LogP contribution is -2.22. The number of nitrogens with one attached hydrogen (secondary N) is 1. The second kappa shape index (κ2) is 6.16. The number of fused-ring (bicyclic) bond motifs is 1. The molecular weight excluding hydrogens is 264 g/mol. The molecule has 1 N–H and O–H groups in total. The zero-order chi connectivity index (χ0) is 13.8. The molecule has 1 aromatic carbocycles. The van der Waals surface area contributed by atoms with Gasteiger partial charge in [0.1, 0.15) is 0 Å². The van der Waals surface area contributed by atoms with Gasteiger partial charge >= 0.3 is 0 Å². The van der Waals surface area contributed by atoms with Crippen LogP contribution < -0.4 is 5.32 Å². The highest BCUT2D eigenvalue weighted by atomic mass is 32.1. The first-order valence-electron chi connectivity index (χ1n) is 6.97. The van der Waals surface area contributed by atoms with Crippen molar-refractivity contribution in [2.24, 2.45) is 0 Å². The molecule has 0 amide bonds. The van der Waals surface area contributed by atoms with Gasteiger partial charge in [-0.25, -0.2) is 0 Å². The molecule has 0 bridgehead atoms. The first-order chi connectivity index (χ1) is 9.86. The molecule has 1 atom stereocenters. The van der Waals surface area contributed by atoms with E-state index in [1.807, 2.05) is 23.6 Å². The number of thiophene rings is 1. The van der Waals surface area contributed by atoms with Gasteiger partial charge in [-0.05, 0) is 35.7 Å². The molecule has 0 radical (unpaired) electrons. The Morgan fingerprint density at radius 2 is 2.10 bits per heavy atom. The average molecular weight is 282 g/mol. The largest absolute Gasteiger partial charge is 0.310 e. The normalized spacial score (nSPS) is 12.7. The van der Waals surface area contributed by atoms with Crippen LogP contribution in [-0.4, -0.2) is 11.5 Å². The van der Waals surface area contributed by atoms with Crippen LogP contribution in [0, 0.1) is 0 Å². The van der Waals surface area contributed by atoms with E-state index in [2.05, 4.69) is 59.0 Å². The van der Waals surface area contributed by atoms with E-state index in [9.17, 15) is 0 Å². The Bertz CT molecular complexity index is 676. The molecule has 0 aliphatic carbocycles. The molecule has 0 saturated heterocycles. The number of rotatable bonds is 5. The maximum Gasteiger partial charge on any atom is 0.0702 e. The van der Waals surface area contributed by atoms with Crippen LogP contribution in [0.4, 0.5) is 0 Å². The van der Waals surface area contributed by atoms with Crippen molar-refractivity contribution in [2.75, 3.05) is 6.54 Å². The quantitative estimate of drug-likeness (QED) is 0.759. The molecule has 2 aromatic heterocycles. The number of benzene rings is 1. The lowest BCUT2D eigenvalue weighted by Gasteiger charge is -2.17. The summed E-state index contributed by atoms with van der Waals surface area (Å²) in [7, 11) is 0. The molecule has 2 heterocycles. The fourth-order valence-corrected chi connectivity index (χ4v) is 3.21. The summed E-state index contributed by atoms with van der Waals surface area (Å²) < 4.78 is 0. The smallest absolute Gasteiger partial charge is 0.0702 e. The molecule has 1 unspecified atom stereocenters. The Kier molecular flexibility index (Phi) is 4.09. The van der Waals surface area contributed by atoms with Crippen molar-refractivity contribution in [3.8, 4) is 0 Å². The van der Waals surface area contributed by atoms with E-state index in [4.69, 9.17) is 0 Å². The molecule has 2 nitrogen and oxygen atoms in total. The van der Waals surface area contributed by atoms with Crippen molar-refractivity contribution >= 4 is 22.2 Å². The minimum Gasteiger partial charge on any atom is -0.310 e. The minimum absolute atomic E-state index is 0.329. The highest BCUT2D eigenvalue weighted by Crippen LogP contribution is 2.23. The third kappa shape index (κ3) is 2.89. The Balaban J connectivity index is 1.91. The van der Waals surface area contributed by atoms with E-state index in [0.29, 0.717) is 6.04 Å². The van der Waals surface area contributed by atoms with E-state index in [1.165, 1.54) is 15.8 Å². The fourth-order valence-electron chi connectivity index (χ4n) is 2.46. The minimum atomic E-state index is 0.329. The van der Waals surface area contributed by atoms with Crippen molar-refractivity contribution in [1.29, 1.82) is 0 Å². The molecule has 3 heteroatoms. The van der Waals surface area contributed by atoms with Gasteiger partial charge in [0.25, 0.3) is 0 Å². The monoisotopic (exact) mass is 282 g/mol. The van der Waals surface area contributed by atoms with Gasteiger partial charge in [0, 0.05) is 28.9 Å². The topological polar surface area (TPSA) is 24.9 Å². The summed E-state index contributed by atoms with van der Waals surface area (Å²) in [6.07, 6.45) is 3.02. The van der Waals surface area contributed by atoms with Crippen LogP contribution >= 0.6 is 11.3 Å². The van der Waals surface area contributed by atoms with Gasteiger partial charge in [0.05, 0.1) is 5.52 Å². The Labute approximate surface area is 123 Å². The highest BCUT2D eigenvalue weighted by molar-refractivity contribution is 7.09. The van der Waals surface area contributed by atoms with Gasteiger partial charge in [0.2, 0.25) is 0 Å². The van der Waals surface area contributed by atoms with Gasteiger partial charge in [-0.2, -0.15) is 0 Å². The third-order valence-corrected chi connectivity index (χ3v) is 4.35. The highest BCUT2D eigenvalue weighted by Gasteiger charge is 2.12. The molecule has 0 spiro atoms. The molecule has 0 fully saturated rings. The Morgan fingerprint density at radius 1 is 1.20 bits per heavy atom. The fraction of sp³-hybridized carbons (Fsp3) is 0.235. The van der Waals surface area contributed by atoms with Crippen molar-refractivity contribution in [1.82, 2.24) is 10.3 Å². The summed E-state index contributed by atoms with van der Waals surface area (Å²) in [4.78, 5) is 5.98. The molecule has 3 rings (SSSR count).